The number of hydrogen-bond donors (Lipinski definition) is 4. The summed E-state index contributed by atoms with van der Waals surface area (Å²) in [6, 6.07) is 14.3. The number of rotatable bonds is 5. The molecule has 2 unspecified atom stereocenters. The number of carbonyl (C=O) groups is 2. The van der Waals surface area contributed by atoms with Gasteiger partial charge in [-0.25, -0.2) is 9.59 Å². The van der Waals surface area contributed by atoms with Crippen molar-refractivity contribution in [2.75, 3.05) is 39.9 Å². The van der Waals surface area contributed by atoms with E-state index in [4.69, 9.17) is 28.4 Å². The molecule has 0 aliphatic carbocycles. The SMILES string of the molecule is COc1cc2c(cc1O)CCN[C@]21CS[C@@H]2c3c(OC(=O)C=Cc4ccccc4)c(C)c4c(c3[C@H](COC1=O)N1C2C2N[C@@H](Cc3cc(C)c(OC)c(O)c32)[C@@H]1C#N)OCO4. The van der Waals surface area contributed by atoms with E-state index in [0.717, 1.165) is 22.3 Å². The molecule has 15 heteroatoms. The first-order valence-electron chi connectivity index (χ1n) is 20.3. The van der Waals surface area contributed by atoms with Crippen LogP contribution in [0.25, 0.3) is 6.08 Å². The third-order valence-electron chi connectivity index (χ3n) is 13.1. The number of aryl methyl sites for hydroxylation is 1. The van der Waals surface area contributed by atoms with E-state index in [-0.39, 0.29) is 48.2 Å². The van der Waals surface area contributed by atoms with Crippen LogP contribution >= 0.6 is 11.8 Å². The molecule has 0 saturated carbocycles. The number of nitrogens with one attached hydrogen (secondary N) is 2. The Labute approximate surface area is 356 Å². The molecule has 314 valence electrons. The van der Waals surface area contributed by atoms with Gasteiger partial charge in [-0.3, -0.25) is 10.2 Å². The Morgan fingerprint density at radius 3 is 2.59 bits per heavy atom. The fourth-order valence-corrected chi connectivity index (χ4v) is 12.2. The van der Waals surface area contributed by atoms with Gasteiger partial charge in [-0.1, -0.05) is 36.4 Å². The zero-order valence-electron chi connectivity index (χ0n) is 33.9. The quantitative estimate of drug-likeness (QED) is 0.115. The summed E-state index contributed by atoms with van der Waals surface area (Å²) < 4.78 is 36.6. The largest absolute Gasteiger partial charge is 0.504 e. The minimum absolute atomic E-state index is 0.0132. The summed E-state index contributed by atoms with van der Waals surface area (Å²) in [5.41, 5.74) is 4.97. The molecule has 2 fully saturated rings. The maximum absolute atomic E-state index is 14.9. The predicted octanol–water partition coefficient (Wildman–Crippen LogP) is 5.34. The number of phenols is 2. The van der Waals surface area contributed by atoms with Gasteiger partial charge in [0.2, 0.25) is 6.79 Å². The molecular weight excluding hydrogens is 801 g/mol. The van der Waals surface area contributed by atoms with Gasteiger partial charge < -0.3 is 44.0 Å². The maximum atomic E-state index is 14.9. The van der Waals surface area contributed by atoms with Crippen LogP contribution in [0.3, 0.4) is 0 Å². The average molecular weight is 845 g/mol. The Morgan fingerprint density at radius 2 is 1.82 bits per heavy atom. The molecule has 4 aromatic carbocycles. The minimum atomic E-state index is -1.39. The molecule has 11 rings (SSSR count). The molecule has 2 saturated heterocycles. The third kappa shape index (κ3) is 5.94. The van der Waals surface area contributed by atoms with Gasteiger partial charge in [-0.05, 0) is 72.7 Å². The van der Waals surface area contributed by atoms with Crippen molar-refractivity contribution in [1.82, 2.24) is 15.5 Å². The van der Waals surface area contributed by atoms with Gasteiger partial charge in [0.1, 0.15) is 18.4 Å². The van der Waals surface area contributed by atoms with Crippen molar-refractivity contribution in [2.45, 2.75) is 67.7 Å². The zero-order valence-corrected chi connectivity index (χ0v) is 34.8. The first kappa shape index (κ1) is 39.2. The topological polar surface area (TPSA) is 181 Å². The van der Waals surface area contributed by atoms with Crippen LogP contribution in [0.2, 0.25) is 0 Å². The molecule has 7 aliphatic rings. The zero-order chi connectivity index (χ0) is 42.3. The lowest BCUT2D eigenvalue weighted by Crippen LogP contribution is -2.69. The number of aromatic hydroxyl groups is 2. The van der Waals surface area contributed by atoms with Crippen LogP contribution in [0.15, 0.2) is 54.6 Å². The van der Waals surface area contributed by atoms with Crippen LogP contribution in [0.1, 0.15) is 67.4 Å². The summed E-state index contributed by atoms with van der Waals surface area (Å²) in [5, 5.41) is 40.7. The Hall–Kier alpha value is -5.92. The summed E-state index contributed by atoms with van der Waals surface area (Å²) in [6.45, 7) is 3.84. The molecule has 1 spiro atoms. The molecule has 4 bridgehead atoms. The standard InChI is InChI=1S/C46H44N4O10S/c1-22-14-26-15-28-29(18-47)50-30-19-57-45(54)46(27-17-32(55-3)31(51)16-25(27)12-13-48-46)20-61-44(38(50)37(49-28)34(26)39(53)40(22)56-4)36-35(30)43-42(58-21-59-43)23(2)41(36)60-33(52)11-10-24-8-6-5-7-9-24/h5-11,14,16-17,28-30,37-38,44,48-49,51,53H,12-13,15,19-21H2,1-4H3/t28-,29-,30-,37?,38?,44+,46+/m0/s1. The predicted molar refractivity (Wildman–Crippen MR) is 223 cm³/mol. The fraction of sp³-hybridized carbons (Fsp3) is 0.370. The number of methoxy groups -OCH3 is 2. The number of thioether (sulfide) groups is 1. The second-order valence-corrected chi connectivity index (χ2v) is 17.4. The van der Waals surface area contributed by atoms with Gasteiger partial charge in [-0.2, -0.15) is 5.26 Å². The summed E-state index contributed by atoms with van der Waals surface area (Å²) in [5.74, 6) is 0.663. The number of carbonyl (C=O) groups excluding carboxylic acids is 2. The molecule has 7 aliphatic heterocycles. The van der Waals surface area contributed by atoms with Crippen molar-refractivity contribution in [1.29, 1.82) is 5.26 Å². The first-order valence-corrected chi connectivity index (χ1v) is 21.3. The highest BCUT2D eigenvalue weighted by atomic mass is 32.2. The molecule has 14 nitrogen and oxygen atoms in total. The van der Waals surface area contributed by atoms with Crippen molar-refractivity contribution < 1.29 is 48.2 Å². The average Bonchev–Trinajstić information content (AvgIpc) is 3.76. The van der Waals surface area contributed by atoms with E-state index in [2.05, 4.69) is 21.6 Å². The second kappa shape index (κ2) is 14.9. The Morgan fingerprint density at radius 1 is 1.02 bits per heavy atom. The second-order valence-electron chi connectivity index (χ2n) is 16.2. The van der Waals surface area contributed by atoms with Gasteiger partial charge in [-0.15, -0.1) is 11.8 Å². The van der Waals surface area contributed by atoms with Crippen LogP contribution in [0, 0.1) is 25.2 Å². The molecule has 0 aromatic heterocycles. The van der Waals surface area contributed by atoms with Gasteiger partial charge in [0.15, 0.2) is 40.0 Å². The van der Waals surface area contributed by atoms with E-state index >= 15 is 0 Å². The monoisotopic (exact) mass is 844 g/mol. The minimum Gasteiger partial charge on any atom is -0.504 e. The smallest absolute Gasteiger partial charge is 0.336 e. The highest BCUT2D eigenvalue weighted by molar-refractivity contribution is 7.99. The van der Waals surface area contributed by atoms with Crippen LogP contribution in [-0.2, 0) is 32.7 Å². The normalized spacial score (nSPS) is 27.0. The van der Waals surface area contributed by atoms with Crippen molar-refractivity contribution in [3.8, 4) is 46.3 Å². The van der Waals surface area contributed by atoms with Crippen molar-refractivity contribution in [3.05, 3.63) is 105 Å². The Balaban J connectivity index is 1.21. The molecule has 4 N–H and O–H groups in total. The lowest BCUT2D eigenvalue weighted by atomic mass is 9.72. The number of fused-ring (bicyclic) bond motifs is 9. The molecule has 7 heterocycles. The van der Waals surface area contributed by atoms with Crippen molar-refractivity contribution in [2.24, 2.45) is 0 Å². The lowest BCUT2D eigenvalue weighted by molar-refractivity contribution is -0.155. The van der Waals surface area contributed by atoms with E-state index in [0.29, 0.717) is 64.5 Å². The highest BCUT2D eigenvalue weighted by Crippen LogP contribution is 2.63. The number of phenolic OH excluding ortho intramolecular Hbond substituents is 2. The molecule has 0 radical (unpaired) electrons. The number of piperazine rings is 1. The number of ether oxygens (including phenoxy) is 6. The molecule has 7 atom stereocenters. The summed E-state index contributed by atoms with van der Waals surface area (Å²) in [6.07, 6.45) is 4.07. The van der Waals surface area contributed by atoms with Crippen LogP contribution in [0.4, 0.5) is 0 Å². The van der Waals surface area contributed by atoms with Gasteiger partial charge in [0.25, 0.3) is 0 Å². The molecular formula is C46H44N4O10S. The maximum Gasteiger partial charge on any atom is 0.336 e. The third-order valence-corrected chi connectivity index (χ3v) is 14.6. The number of esters is 2. The van der Waals surface area contributed by atoms with Crippen LogP contribution in [-0.4, -0.2) is 85.1 Å². The van der Waals surface area contributed by atoms with Crippen molar-refractivity contribution >= 4 is 29.8 Å². The van der Waals surface area contributed by atoms with E-state index in [1.165, 1.54) is 32.1 Å². The number of hydrogen-bond acceptors (Lipinski definition) is 15. The lowest BCUT2D eigenvalue weighted by Gasteiger charge is -2.59. The van der Waals surface area contributed by atoms with Crippen LogP contribution in [0.5, 0.6) is 40.2 Å². The Bertz CT molecular complexity index is 2580. The van der Waals surface area contributed by atoms with E-state index in [9.17, 15) is 25.1 Å². The van der Waals surface area contributed by atoms with Crippen LogP contribution < -0.4 is 34.3 Å². The highest BCUT2D eigenvalue weighted by Gasteiger charge is 2.60. The molecule has 0 amide bonds. The number of nitrogens with zero attached hydrogens (tertiary/aromatic N) is 2. The van der Waals surface area contributed by atoms with Gasteiger partial charge >= 0.3 is 11.9 Å². The van der Waals surface area contributed by atoms with E-state index in [1.807, 2.05) is 50.2 Å². The van der Waals surface area contributed by atoms with Gasteiger partial charge in [0.05, 0.1) is 37.6 Å². The summed E-state index contributed by atoms with van der Waals surface area (Å²) >= 11 is 1.46. The van der Waals surface area contributed by atoms with E-state index < -0.39 is 46.9 Å². The fourth-order valence-electron chi connectivity index (χ4n) is 10.5. The number of nitriles is 1. The Kier molecular flexibility index (Phi) is 9.59. The number of benzene rings is 4. The summed E-state index contributed by atoms with van der Waals surface area (Å²) in [7, 11) is 2.99. The first-order chi connectivity index (χ1) is 29.6. The van der Waals surface area contributed by atoms with Gasteiger partial charge in [0, 0.05) is 52.7 Å². The van der Waals surface area contributed by atoms with Crippen molar-refractivity contribution in [3.63, 3.8) is 0 Å². The summed E-state index contributed by atoms with van der Waals surface area (Å²) in [4.78, 5) is 31.0. The molecule has 4 aromatic rings. The molecule has 61 heavy (non-hydrogen) atoms. The van der Waals surface area contributed by atoms with E-state index in [1.54, 1.807) is 18.2 Å².